The van der Waals surface area contributed by atoms with Gasteiger partial charge in [0.15, 0.2) is 11.5 Å². The summed E-state index contributed by atoms with van der Waals surface area (Å²) < 4.78 is 16.3. The molecule has 39 heavy (non-hydrogen) atoms. The molecule has 0 radical (unpaired) electrons. The molecular weight excluding hydrogens is 502 g/mol. The largest absolute Gasteiger partial charge is 0.493 e. The number of aromatic nitrogens is 2. The highest BCUT2D eigenvalue weighted by molar-refractivity contribution is 6.03. The zero-order chi connectivity index (χ0) is 27.1. The van der Waals surface area contributed by atoms with E-state index in [1.54, 1.807) is 7.11 Å². The first-order valence-corrected chi connectivity index (χ1v) is 13.5. The summed E-state index contributed by atoms with van der Waals surface area (Å²) in [5.41, 5.74) is 5.07. The van der Waals surface area contributed by atoms with Gasteiger partial charge in [-0.1, -0.05) is 18.1 Å². The van der Waals surface area contributed by atoms with Gasteiger partial charge in [0.1, 0.15) is 17.6 Å². The monoisotopic (exact) mass is 535 g/mol. The van der Waals surface area contributed by atoms with Gasteiger partial charge in [-0.2, -0.15) is 0 Å². The lowest BCUT2D eigenvalue weighted by molar-refractivity contribution is -0.137. The van der Waals surface area contributed by atoms with E-state index in [0.29, 0.717) is 40.3 Å². The maximum atomic E-state index is 11.0. The van der Waals surface area contributed by atoms with E-state index < -0.39 is 5.97 Å². The van der Waals surface area contributed by atoms with Crippen molar-refractivity contribution in [1.29, 1.82) is 0 Å². The number of ether oxygens (including phenoxy) is 2. The van der Waals surface area contributed by atoms with Crippen molar-refractivity contribution in [2.45, 2.75) is 64.1 Å². The Morgan fingerprint density at radius 2 is 2.00 bits per heavy atom. The summed E-state index contributed by atoms with van der Waals surface area (Å²) in [6, 6.07) is 9.54. The molecule has 5 atom stereocenters. The summed E-state index contributed by atoms with van der Waals surface area (Å²) in [4.78, 5) is 16.9. The van der Waals surface area contributed by atoms with Gasteiger partial charge in [0.05, 0.1) is 32.0 Å². The quantitative estimate of drug-likeness (QED) is 0.394. The Kier molecular flexibility index (Phi) is 6.66. The van der Waals surface area contributed by atoms with E-state index in [0.717, 1.165) is 54.5 Å². The second kappa shape index (κ2) is 10.1. The number of benzene rings is 2. The van der Waals surface area contributed by atoms with E-state index in [1.807, 2.05) is 30.3 Å². The number of carbonyl (C=O) groups is 1. The van der Waals surface area contributed by atoms with Crippen LogP contribution in [0.3, 0.4) is 0 Å². The molecule has 3 aromatic rings. The van der Waals surface area contributed by atoms with Gasteiger partial charge >= 0.3 is 5.97 Å². The Labute approximate surface area is 225 Å². The predicted molar refractivity (Wildman–Crippen MR) is 141 cm³/mol. The standard InChI is InChI=1S/C29H33N3O7/c1-29-9-7-17-18-13-25(36-2)26(37-10-8-28(34)35)14-20(18)23(12-19(17)21(29)4-6-27(29)33)30-38-15-16-3-5-22-24(11-16)32-39-31-22/h3,5,11,13-14,17,19,21,27,33H,4,6-10,12,15H2,1-2H3,(H,34,35)/b30-23+/t17?,19?,21?,27-,29-/m0/s1. The molecule has 2 aromatic carbocycles. The second-order valence-electron chi connectivity index (χ2n) is 11.2. The zero-order valence-corrected chi connectivity index (χ0v) is 22.1. The average Bonchev–Trinajstić information content (AvgIpc) is 3.51. The molecule has 0 spiro atoms. The van der Waals surface area contributed by atoms with Crippen LogP contribution in [0.2, 0.25) is 0 Å². The van der Waals surface area contributed by atoms with Crippen LogP contribution in [-0.4, -0.2) is 52.0 Å². The number of rotatable bonds is 8. The van der Waals surface area contributed by atoms with Gasteiger partial charge in [-0.25, -0.2) is 4.63 Å². The number of hydrogen-bond acceptors (Lipinski definition) is 9. The fourth-order valence-corrected chi connectivity index (χ4v) is 7.11. The van der Waals surface area contributed by atoms with E-state index in [-0.39, 0.29) is 31.2 Å². The van der Waals surface area contributed by atoms with Gasteiger partial charge in [0, 0.05) is 5.56 Å². The van der Waals surface area contributed by atoms with E-state index in [2.05, 4.69) is 22.4 Å². The minimum absolute atomic E-state index is 0.0389. The van der Waals surface area contributed by atoms with Gasteiger partial charge in [-0.3, -0.25) is 4.79 Å². The molecule has 206 valence electrons. The smallest absolute Gasteiger partial charge is 0.306 e. The molecule has 2 fully saturated rings. The van der Waals surface area contributed by atoms with Crippen molar-refractivity contribution >= 4 is 22.7 Å². The predicted octanol–water partition coefficient (Wildman–Crippen LogP) is 4.68. The SMILES string of the molecule is COc1cc2c(cc1OCCC(=O)O)/C(=N/OCc1ccc3nonc3c1)CC1C2CC[C@@]2(C)C1CC[C@@H]2O. The molecule has 0 amide bonds. The Bertz CT molecular complexity index is 1420. The third-order valence-electron chi connectivity index (χ3n) is 9.16. The van der Waals surface area contributed by atoms with Crippen molar-refractivity contribution in [3.8, 4) is 11.5 Å². The van der Waals surface area contributed by atoms with Gasteiger partial charge in [0.2, 0.25) is 0 Å². The lowest BCUT2D eigenvalue weighted by atomic mass is 9.55. The average molecular weight is 536 g/mol. The maximum Gasteiger partial charge on any atom is 0.306 e. The summed E-state index contributed by atoms with van der Waals surface area (Å²) >= 11 is 0. The molecular formula is C29H33N3O7. The number of aliphatic hydroxyl groups excluding tert-OH is 1. The number of carboxylic acids is 1. The van der Waals surface area contributed by atoms with Crippen molar-refractivity contribution < 1.29 is 33.9 Å². The highest BCUT2D eigenvalue weighted by Crippen LogP contribution is 2.61. The van der Waals surface area contributed by atoms with Crippen LogP contribution in [0, 0.1) is 17.3 Å². The van der Waals surface area contributed by atoms with Crippen LogP contribution >= 0.6 is 0 Å². The van der Waals surface area contributed by atoms with Crippen LogP contribution in [0.1, 0.15) is 68.1 Å². The van der Waals surface area contributed by atoms with Gasteiger partial charge in [-0.05, 0) is 101 Å². The van der Waals surface area contributed by atoms with E-state index >= 15 is 0 Å². The summed E-state index contributed by atoms with van der Waals surface area (Å²) in [6.45, 7) is 2.54. The molecule has 1 aromatic heterocycles. The molecule has 3 aliphatic carbocycles. The first-order chi connectivity index (χ1) is 18.9. The molecule has 2 saturated carbocycles. The molecule has 0 bridgehead atoms. The number of oxime groups is 1. The van der Waals surface area contributed by atoms with Gasteiger partial charge in [-0.15, -0.1) is 0 Å². The second-order valence-corrected chi connectivity index (χ2v) is 11.2. The minimum Gasteiger partial charge on any atom is -0.493 e. The molecule has 6 rings (SSSR count). The first kappa shape index (κ1) is 25.6. The molecule has 3 aliphatic rings. The van der Waals surface area contributed by atoms with Crippen LogP contribution in [-0.2, 0) is 16.2 Å². The van der Waals surface area contributed by atoms with Crippen LogP contribution in [0.5, 0.6) is 11.5 Å². The van der Waals surface area contributed by atoms with Gasteiger partial charge < -0.3 is 24.5 Å². The Balaban J connectivity index is 1.34. The van der Waals surface area contributed by atoms with Crippen molar-refractivity contribution in [1.82, 2.24) is 10.3 Å². The molecule has 3 unspecified atom stereocenters. The van der Waals surface area contributed by atoms with Crippen molar-refractivity contribution in [3.05, 3.63) is 47.0 Å². The van der Waals surface area contributed by atoms with Crippen molar-refractivity contribution in [3.63, 3.8) is 0 Å². The molecule has 10 nitrogen and oxygen atoms in total. The summed E-state index contributed by atoms with van der Waals surface area (Å²) in [7, 11) is 1.59. The lowest BCUT2D eigenvalue weighted by Gasteiger charge is -2.50. The number of hydrogen-bond donors (Lipinski definition) is 2. The highest BCUT2D eigenvalue weighted by atomic mass is 16.6. The normalized spacial score (nSPS) is 28.5. The molecule has 0 aliphatic heterocycles. The van der Waals surface area contributed by atoms with E-state index in [4.69, 9.17) is 24.0 Å². The third kappa shape index (κ3) is 4.60. The van der Waals surface area contributed by atoms with E-state index in [9.17, 15) is 9.90 Å². The summed E-state index contributed by atoms with van der Waals surface area (Å²) in [5.74, 6) is 1.18. The highest BCUT2D eigenvalue weighted by Gasteiger charge is 2.55. The molecule has 2 N–H and O–H groups in total. The van der Waals surface area contributed by atoms with Crippen LogP contribution in [0.15, 0.2) is 40.1 Å². The van der Waals surface area contributed by atoms with Crippen LogP contribution < -0.4 is 9.47 Å². The van der Waals surface area contributed by atoms with Crippen molar-refractivity contribution in [2.75, 3.05) is 13.7 Å². The number of carboxylic acid groups (broad SMARTS) is 1. The fraction of sp³-hybridized carbons (Fsp3) is 0.517. The number of methoxy groups -OCH3 is 1. The zero-order valence-electron chi connectivity index (χ0n) is 22.1. The number of aliphatic carboxylic acids is 1. The minimum atomic E-state index is -0.922. The summed E-state index contributed by atoms with van der Waals surface area (Å²) in [6.07, 6.45) is 4.13. The first-order valence-electron chi connectivity index (χ1n) is 13.5. The Morgan fingerprint density at radius 3 is 2.82 bits per heavy atom. The third-order valence-corrected chi connectivity index (χ3v) is 9.16. The van der Waals surface area contributed by atoms with Crippen LogP contribution in [0.25, 0.3) is 11.0 Å². The van der Waals surface area contributed by atoms with Crippen molar-refractivity contribution in [2.24, 2.45) is 22.4 Å². The van der Waals surface area contributed by atoms with E-state index in [1.165, 1.54) is 0 Å². The number of nitrogens with zero attached hydrogens (tertiary/aromatic N) is 3. The number of aliphatic hydroxyl groups is 1. The maximum absolute atomic E-state index is 11.0. The fourth-order valence-electron chi connectivity index (χ4n) is 7.11. The topological polar surface area (TPSA) is 136 Å². The summed E-state index contributed by atoms with van der Waals surface area (Å²) in [5, 5.41) is 32.3. The molecule has 10 heteroatoms. The Hall–Kier alpha value is -3.66. The molecule has 1 heterocycles. The lowest BCUT2D eigenvalue weighted by Crippen LogP contribution is -2.45. The van der Waals surface area contributed by atoms with Gasteiger partial charge in [0.25, 0.3) is 0 Å². The Morgan fingerprint density at radius 1 is 1.15 bits per heavy atom. The van der Waals surface area contributed by atoms with Crippen LogP contribution in [0.4, 0.5) is 0 Å². The number of fused-ring (bicyclic) bond motifs is 6. The molecule has 0 saturated heterocycles.